The lowest BCUT2D eigenvalue weighted by atomic mass is 10.0. The second kappa shape index (κ2) is 8.64. The zero-order chi connectivity index (χ0) is 26.6. The van der Waals surface area contributed by atoms with Crippen LogP contribution in [0.2, 0.25) is 0 Å². The molecule has 1 aliphatic heterocycles. The number of fused-ring (bicyclic) bond motifs is 5. The lowest BCUT2D eigenvalue weighted by molar-refractivity contribution is 0.478. The van der Waals surface area contributed by atoms with Crippen LogP contribution in [0.25, 0.3) is 38.6 Å². The molecule has 6 aromatic carbocycles. The van der Waals surface area contributed by atoms with E-state index in [9.17, 15) is 0 Å². The van der Waals surface area contributed by atoms with Crippen molar-refractivity contribution in [3.8, 4) is 28.3 Å². The minimum absolute atomic E-state index is 0.429. The highest BCUT2D eigenvalue weighted by Gasteiger charge is 2.26. The quantitative estimate of drug-likeness (QED) is 0.239. The van der Waals surface area contributed by atoms with Gasteiger partial charge in [0.1, 0.15) is 0 Å². The van der Waals surface area contributed by atoms with Gasteiger partial charge in [-0.3, -0.25) is 0 Å². The smallest absolute Gasteiger partial charge is 0.160 e. The van der Waals surface area contributed by atoms with Gasteiger partial charge in [0.2, 0.25) is 0 Å². The summed E-state index contributed by atoms with van der Waals surface area (Å²) in [6.07, 6.45) is 0. The Morgan fingerprint density at radius 2 is 1.23 bits per heavy atom. The maximum Gasteiger partial charge on any atom is 0.160 e. The van der Waals surface area contributed by atoms with Gasteiger partial charge in [0.05, 0.1) is 18.1 Å². The summed E-state index contributed by atoms with van der Waals surface area (Å²) in [7, 11) is 0. The zero-order valence-electron chi connectivity index (χ0n) is 22.1. The highest BCUT2D eigenvalue weighted by Crippen LogP contribution is 2.49. The van der Waals surface area contributed by atoms with E-state index in [0.29, 0.717) is 11.8 Å². The predicted molar refractivity (Wildman–Crippen MR) is 161 cm³/mol. The van der Waals surface area contributed by atoms with E-state index in [0.717, 1.165) is 56.0 Å². The minimum atomic E-state index is 0.429. The fraction of sp³-hybridized carbons (Fsp3) is 0. The molecule has 3 nitrogen and oxygen atoms in total. The van der Waals surface area contributed by atoms with E-state index in [1.54, 1.807) is 6.07 Å². The van der Waals surface area contributed by atoms with Gasteiger partial charge in [-0.05, 0) is 66.2 Å². The zero-order valence-corrected chi connectivity index (χ0v) is 21.1. The first-order valence-electron chi connectivity index (χ1n) is 13.6. The predicted octanol–water partition coefficient (Wildman–Crippen LogP) is 10.0. The standard InChI is InChI=1S/C36H24N2O/c1-3-11-26(12-4-1)37(27-13-5-2-6-14-27)28-21-19-25(20-22-28)29-23-24-31-30-15-7-8-16-32(30)38-33-17-9-10-18-34(33)39-36(29)35(31)38/h1-24H/i10D. The fourth-order valence-corrected chi connectivity index (χ4v) is 5.78. The molecule has 0 saturated carbocycles. The highest BCUT2D eigenvalue weighted by molar-refractivity contribution is 6.13. The van der Waals surface area contributed by atoms with Gasteiger partial charge in [-0.1, -0.05) is 84.9 Å². The summed E-state index contributed by atoms with van der Waals surface area (Å²) in [5.74, 6) is 1.52. The first-order chi connectivity index (χ1) is 19.8. The molecule has 3 heteroatoms. The van der Waals surface area contributed by atoms with Gasteiger partial charge in [-0.15, -0.1) is 0 Å². The first-order valence-corrected chi connectivity index (χ1v) is 13.1. The maximum atomic E-state index is 8.22. The van der Waals surface area contributed by atoms with Crippen LogP contribution in [0.1, 0.15) is 1.37 Å². The van der Waals surface area contributed by atoms with Crippen LogP contribution in [0, 0.1) is 0 Å². The molecule has 39 heavy (non-hydrogen) atoms. The number of hydrogen-bond acceptors (Lipinski definition) is 2. The number of rotatable bonds is 4. The van der Waals surface area contributed by atoms with Crippen molar-refractivity contribution in [3.05, 3.63) is 146 Å². The molecule has 0 radical (unpaired) electrons. The summed E-state index contributed by atoms with van der Waals surface area (Å²) < 4.78 is 17.1. The second-order valence-corrected chi connectivity index (χ2v) is 9.74. The number of para-hydroxylation sites is 5. The topological polar surface area (TPSA) is 17.4 Å². The van der Waals surface area contributed by atoms with Gasteiger partial charge in [-0.2, -0.15) is 0 Å². The Labute approximate surface area is 228 Å². The van der Waals surface area contributed by atoms with Crippen molar-refractivity contribution < 1.29 is 6.11 Å². The second-order valence-electron chi connectivity index (χ2n) is 9.74. The van der Waals surface area contributed by atoms with Gasteiger partial charge < -0.3 is 14.2 Å². The molecule has 0 fully saturated rings. The lowest BCUT2D eigenvalue weighted by Crippen LogP contribution is -2.09. The van der Waals surface area contributed by atoms with Crippen LogP contribution in [0.5, 0.6) is 11.5 Å². The van der Waals surface area contributed by atoms with Gasteiger partial charge in [-0.25, -0.2) is 0 Å². The van der Waals surface area contributed by atoms with Crippen molar-refractivity contribution >= 4 is 38.9 Å². The van der Waals surface area contributed by atoms with Gasteiger partial charge in [0.25, 0.3) is 0 Å². The van der Waals surface area contributed by atoms with Gasteiger partial charge >= 0.3 is 0 Å². The molecule has 0 amide bonds. The molecule has 0 atom stereocenters. The van der Waals surface area contributed by atoms with Crippen LogP contribution in [-0.2, 0) is 0 Å². The van der Waals surface area contributed by atoms with Crippen molar-refractivity contribution in [3.63, 3.8) is 0 Å². The molecule has 0 N–H and O–H groups in total. The molecule has 0 saturated heterocycles. The highest BCUT2D eigenvalue weighted by atomic mass is 16.5. The maximum absolute atomic E-state index is 8.22. The number of anilines is 3. The third-order valence-electron chi connectivity index (χ3n) is 7.51. The molecule has 0 bridgehead atoms. The molecule has 0 spiro atoms. The number of ether oxygens (including phenoxy) is 1. The summed E-state index contributed by atoms with van der Waals surface area (Å²) in [5.41, 5.74) is 8.54. The van der Waals surface area contributed by atoms with Crippen LogP contribution in [0.3, 0.4) is 0 Å². The third-order valence-corrected chi connectivity index (χ3v) is 7.51. The van der Waals surface area contributed by atoms with Crippen LogP contribution < -0.4 is 9.64 Å². The number of hydrogen-bond donors (Lipinski definition) is 0. The number of benzene rings is 6. The van der Waals surface area contributed by atoms with E-state index in [2.05, 4.69) is 119 Å². The van der Waals surface area contributed by atoms with Crippen LogP contribution in [0.15, 0.2) is 146 Å². The van der Waals surface area contributed by atoms with Crippen LogP contribution >= 0.6 is 0 Å². The van der Waals surface area contributed by atoms with Crippen molar-refractivity contribution in [1.82, 2.24) is 4.57 Å². The summed E-state index contributed by atoms with van der Waals surface area (Å²) in [6.45, 7) is 0. The van der Waals surface area contributed by atoms with Crippen LogP contribution in [-0.4, -0.2) is 4.57 Å². The van der Waals surface area contributed by atoms with Crippen molar-refractivity contribution in [2.24, 2.45) is 0 Å². The normalized spacial score (nSPS) is 12.2. The Kier molecular flexibility index (Phi) is 4.60. The molecule has 8 rings (SSSR count). The molecule has 7 aromatic rings. The van der Waals surface area contributed by atoms with Crippen molar-refractivity contribution in [2.75, 3.05) is 4.90 Å². The summed E-state index contributed by atoms with van der Waals surface area (Å²) in [4.78, 5) is 2.26. The third kappa shape index (κ3) is 3.37. The van der Waals surface area contributed by atoms with E-state index < -0.39 is 0 Å². The molecular weight excluding hydrogens is 476 g/mol. The Hall–Kier alpha value is -5.28. The van der Waals surface area contributed by atoms with Gasteiger partial charge in [0, 0.05) is 33.4 Å². The Morgan fingerprint density at radius 3 is 1.97 bits per heavy atom. The van der Waals surface area contributed by atoms with Gasteiger partial charge in [0.15, 0.2) is 11.5 Å². The Bertz CT molecular complexity index is 1990. The molecule has 0 unspecified atom stereocenters. The summed E-state index contributed by atoms with van der Waals surface area (Å²) in [6, 6.07) is 48.4. The van der Waals surface area contributed by atoms with E-state index in [4.69, 9.17) is 6.11 Å². The first kappa shape index (κ1) is 20.7. The summed E-state index contributed by atoms with van der Waals surface area (Å²) >= 11 is 0. The molecular formula is C36H24N2O. The van der Waals surface area contributed by atoms with E-state index in [1.807, 2.05) is 24.3 Å². The number of nitrogens with zero attached hydrogens (tertiary/aromatic N) is 2. The molecule has 0 aliphatic carbocycles. The van der Waals surface area contributed by atoms with E-state index >= 15 is 0 Å². The van der Waals surface area contributed by atoms with E-state index in [1.165, 1.54) is 5.39 Å². The molecule has 1 aliphatic rings. The van der Waals surface area contributed by atoms with Crippen LogP contribution in [0.4, 0.5) is 17.1 Å². The monoisotopic (exact) mass is 501 g/mol. The van der Waals surface area contributed by atoms with E-state index in [-0.39, 0.29) is 0 Å². The number of aromatic nitrogens is 1. The Morgan fingerprint density at radius 1 is 0.564 bits per heavy atom. The average Bonchev–Trinajstić information content (AvgIpc) is 3.35. The fourth-order valence-electron chi connectivity index (χ4n) is 5.78. The molecule has 1 aromatic heterocycles. The average molecular weight is 502 g/mol. The summed E-state index contributed by atoms with van der Waals surface area (Å²) in [5, 5.41) is 2.35. The largest absolute Gasteiger partial charge is 0.452 e. The minimum Gasteiger partial charge on any atom is -0.452 e. The molecule has 2 heterocycles. The van der Waals surface area contributed by atoms with Crippen molar-refractivity contribution in [1.29, 1.82) is 0 Å². The SMILES string of the molecule is [2H]c1ccc2c(c1)Oc1c(-c3ccc(N(c4ccccc4)c4ccccc4)cc3)ccc3c4ccccc4n-2c13. The molecule has 184 valence electrons. The van der Waals surface area contributed by atoms with Crippen molar-refractivity contribution in [2.45, 2.75) is 0 Å². The lowest BCUT2D eigenvalue weighted by Gasteiger charge is -2.26. The Balaban J connectivity index is 1.30.